The zero-order valence-electron chi connectivity index (χ0n) is 13.6. The number of carbonyl (C=O) groups is 1. The second kappa shape index (κ2) is 5.48. The van der Waals surface area contributed by atoms with Crippen molar-refractivity contribution in [3.8, 4) is 0 Å². The summed E-state index contributed by atoms with van der Waals surface area (Å²) in [4.78, 5) is 10.9. The van der Waals surface area contributed by atoms with Gasteiger partial charge in [0.2, 0.25) is 0 Å². The molecule has 3 rings (SSSR count). The molecule has 6 heteroatoms. The maximum Gasteiger partial charge on any atom is 0.506 e. The molecule has 0 bridgehead atoms. The van der Waals surface area contributed by atoms with E-state index in [1.165, 1.54) is 0 Å². The Morgan fingerprint density at radius 2 is 1.78 bits per heavy atom. The smallest absolute Gasteiger partial charge is 0.478 e. The van der Waals surface area contributed by atoms with Gasteiger partial charge in [0.1, 0.15) is 0 Å². The van der Waals surface area contributed by atoms with E-state index in [1.54, 1.807) is 17.4 Å². The quantitative estimate of drug-likeness (QED) is 0.693. The lowest BCUT2D eigenvalue weighted by Gasteiger charge is -2.32. The Morgan fingerprint density at radius 1 is 1.17 bits per heavy atom. The molecule has 2 heterocycles. The molecule has 1 aromatic heterocycles. The van der Waals surface area contributed by atoms with Crippen molar-refractivity contribution in [1.29, 1.82) is 0 Å². The summed E-state index contributed by atoms with van der Waals surface area (Å²) >= 11 is 1.58. The summed E-state index contributed by atoms with van der Waals surface area (Å²) in [6.45, 7) is 8.03. The molecule has 0 saturated carbocycles. The SMILES string of the molecule is CC1(C)OB(c2sc3ccccc3c2/C=C/C(=O)O)OC1(C)C. The Kier molecular flexibility index (Phi) is 3.87. The standard InChI is InChI=1S/C17H19BO4S/c1-16(2)17(3,4)22-18(21-16)15-12(9-10-14(19)20)11-7-5-6-8-13(11)23-15/h5-10H,1-4H3,(H,19,20)/b10-9+. The first-order chi connectivity index (χ1) is 10.7. The molecule has 4 nitrogen and oxygen atoms in total. The summed E-state index contributed by atoms with van der Waals surface area (Å²) in [6.07, 6.45) is 2.78. The summed E-state index contributed by atoms with van der Waals surface area (Å²) < 4.78 is 14.3. The van der Waals surface area contributed by atoms with Gasteiger partial charge in [0.25, 0.3) is 0 Å². The monoisotopic (exact) mass is 330 g/mol. The van der Waals surface area contributed by atoms with Crippen molar-refractivity contribution in [3.63, 3.8) is 0 Å². The molecule has 0 radical (unpaired) electrons. The predicted octanol–water partition coefficient (Wildman–Crippen LogP) is 3.30. The largest absolute Gasteiger partial charge is 0.506 e. The molecule has 1 aliphatic rings. The zero-order valence-corrected chi connectivity index (χ0v) is 14.4. The van der Waals surface area contributed by atoms with Gasteiger partial charge in [0.05, 0.1) is 11.2 Å². The van der Waals surface area contributed by atoms with Gasteiger partial charge in [-0.3, -0.25) is 0 Å². The molecule has 0 aliphatic carbocycles. The van der Waals surface area contributed by atoms with Crippen LogP contribution in [0.3, 0.4) is 0 Å². The minimum atomic E-state index is -0.972. The van der Waals surface area contributed by atoms with Crippen LogP contribution in [-0.2, 0) is 14.1 Å². The molecule has 0 atom stereocenters. The third-order valence-electron chi connectivity index (χ3n) is 4.52. The van der Waals surface area contributed by atoms with Crippen LogP contribution >= 0.6 is 11.3 Å². The van der Waals surface area contributed by atoms with Crippen molar-refractivity contribution in [2.24, 2.45) is 0 Å². The fourth-order valence-electron chi connectivity index (χ4n) is 2.54. The summed E-state index contributed by atoms with van der Waals surface area (Å²) in [6, 6.07) is 7.92. The van der Waals surface area contributed by atoms with Gasteiger partial charge in [-0.15, -0.1) is 11.3 Å². The van der Waals surface area contributed by atoms with Gasteiger partial charge in [0, 0.05) is 15.6 Å². The van der Waals surface area contributed by atoms with Crippen LogP contribution in [-0.4, -0.2) is 29.4 Å². The fourth-order valence-corrected chi connectivity index (χ4v) is 3.69. The van der Waals surface area contributed by atoms with E-state index >= 15 is 0 Å². The molecule has 23 heavy (non-hydrogen) atoms. The second-order valence-electron chi connectivity index (χ2n) is 6.64. The highest BCUT2D eigenvalue weighted by atomic mass is 32.1. The van der Waals surface area contributed by atoms with E-state index in [2.05, 4.69) is 0 Å². The highest BCUT2D eigenvalue weighted by molar-refractivity contribution is 7.28. The molecule has 0 spiro atoms. The van der Waals surface area contributed by atoms with Crippen LogP contribution in [0.15, 0.2) is 30.3 Å². The van der Waals surface area contributed by atoms with Crippen LogP contribution in [0.25, 0.3) is 16.2 Å². The number of fused-ring (bicyclic) bond motifs is 1. The Morgan fingerprint density at radius 3 is 2.39 bits per heavy atom. The Labute approximate surface area is 139 Å². The van der Waals surface area contributed by atoms with Crippen LogP contribution in [0, 0.1) is 0 Å². The van der Waals surface area contributed by atoms with Gasteiger partial charge >= 0.3 is 13.1 Å². The van der Waals surface area contributed by atoms with Crippen LogP contribution in [0.4, 0.5) is 0 Å². The van der Waals surface area contributed by atoms with Crippen molar-refractivity contribution in [3.05, 3.63) is 35.9 Å². The summed E-state index contributed by atoms with van der Waals surface area (Å²) in [5.74, 6) is -0.972. The fraction of sp³-hybridized carbons (Fsp3) is 0.353. The van der Waals surface area contributed by atoms with Gasteiger partial charge in [-0.2, -0.15) is 0 Å². The third-order valence-corrected chi connectivity index (χ3v) is 5.73. The predicted molar refractivity (Wildman–Crippen MR) is 94.2 cm³/mol. The van der Waals surface area contributed by atoms with Gasteiger partial charge in [-0.05, 0) is 50.8 Å². The molecule has 1 saturated heterocycles. The number of hydrogen-bond donors (Lipinski definition) is 1. The van der Waals surface area contributed by atoms with E-state index in [9.17, 15) is 4.79 Å². The summed E-state index contributed by atoms with van der Waals surface area (Å²) in [7, 11) is -0.495. The van der Waals surface area contributed by atoms with E-state index in [4.69, 9.17) is 14.4 Å². The van der Waals surface area contributed by atoms with E-state index in [0.717, 1.165) is 26.5 Å². The lowest BCUT2D eigenvalue weighted by molar-refractivity contribution is -0.131. The van der Waals surface area contributed by atoms with E-state index in [-0.39, 0.29) is 0 Å². The highest BCUT2D eigenvalue weighted by Crippen LogP contribution is 2.38. The number of thiophene rings is 1. The number of carboxylic acid groups (broad SMARTS) is 1. The van der Waals surface area contributed by atoms with E-state index < -0.39 is 24.3 Å². The number of rotatable bonds is 3. The molecule has 0 amide bonds. The average Bonchev–Trinajstić information content (AvgIpc) is 2.91. The molecule has 120 valence electrons. The number of benzene rings is 1. The minimum absolute atomic E-state index is 0.429. The zero-order chi connectivity index (χ0) is 16.8. The molecule has 1 aromatic carbocycles. The lowest BCUT2D eigenvalue weighted by atomic mass is 9.83. The van der Waals surface area contributed by atoms with Crippen molar-refractivity contribution in [2.75, 3.05) is 0 Å². The molecular formula is C17H19BO4S. The van der Waals surface area contributed by atoms with Crippen LogP contribution in [0.1, 0.15) is 33.3 Å². The van der Waals surface area contributed by atoms with E-state index in [0.29, 0.717) is 0 Å². The van der Waals surface area contributed by atoms with Crippen molar-refractivity contribution in [1.82, 2.24) is 0 Å². The van der Waals surface area contributed by atoms with Crippen LogP contribution in [0.2, 0.25) is 0 Å². The maximum absolute atomic E-state index is 10.9. The van der Waals surface area contributed by atoms with Gasteiger partial charge < -0.3 is 14.4 Å². The Hall–Kier alpha value is -1.63. The normalized spacial score (nSPS) is 19.7. The van der Waals surface area contributed by atoms with Crippen LogP contribution < -0.4 is 4.78 Å². The molecule has 0 unspecified atom stereocenters. The number of hydrogen-bond acceptors (Lipinski definition) is 4. The van der Waals surface area contributed by atoms with Crippen molar-refractivity contribution in [2.45, 2.75) is 38.9 Å². The van der Waals surface area contributed by atoms with Crippen molar-refractivity contribution < 1.29 is 19.2 Å². The van der Waals surface area contributed by atoms with Gasteiger partial charge in [0.15, 0.2) is 0 Å². The topological polar surface area (TPSA) is 55.8 Å². The lowest BCUT2D eigenvalue weighted by Crippen LogP contribution is -2.41. The average molecular weight is 330 g/mol. The Bertz CT molecular complexity index is 775. The molecule has 1 fully saturated rings. The molecular weight excluding hydrogens is 311 g/mol. The number of carboxylic acids is 1. The third kappa shape index (κ3) is 2.82. The second-order valence-corrected chi connectivity index (χ2v) is 7.72. The highest BCUT2D eigenvalue weighted by Gasteiger charge is 2.52. The first-order valence-electron chi connectivity index (χ1n) is 7.49. The van der Waals surface area contributed by atoms with Crippen molar-refractivity contribution >= 4 is 45.4 Å². The van der Waals surface area contributed by atoms with Gasteiger partial charge in [-0.25, -0.2) is 4.79 Å². The molecule has 1 N–H and O–H groups in total. The first-order valence-corrected chi connectivity index (χ1v) is 8.31. The minimum Gasteiger partial charge on any atom is -0.478 e. The summed E-state index contributed by atoms with van der Waals surface area (Å²) in [5, 5.41) is 9.97. The van der Waals surface area contributed by atoms with Gasteiger partial charge in [-0.1, -0.05) is 18.2 Å². The first kappa shape index (κ1) is 16.2. The Balaban J connectivity index is 2.11. The summed E-state index contributed by atoms with van der Waals surface area (Å²) in [5.41, 5.74) is -0.00465. The van der Waals surface area contributed by atoms with Crippen LogP contribution in [0.5, 0.6) is 0 Å². The van der Waals surface area contributed by atoms with E-state index in [1.807, 2.05) is 52.0 Å². The molecule has 2 aromatic rings. The number of aliphatic carboxylic acids is 1. The maximum atomic E-state index is 10.9. The molecule has 1 aliphatic heterocycles.